The van der Waals surface area contributed by atoms with Crippen molar-refractivity contribution in [2.24, 2.45) is 5.11 Å². The van der Waals surface area contributed by atoms with Crippen molar-refractivity contribution in [2.45, 2.75) is 6.42 Å². The molecule has 1 aromatic rings. The molecule has 1 rings (SSSR count). The number of benzene rings is 1. The molecule has 2 N–H and O–H groups in total. The summed E-state index contributed by atoms with van der Waals surface area (Å²) in [4.78, 5) is 2.63. The first-order valence-corrected chi connectivity index (χ1v) is 4.19. The smallest absolute Gasteiger partial charge is 0.0474 e. The average molecular weight is 186 g/mol. The number of anilines is 1. The van der Waals surface area contributed by atoms with Crippen LogP contribution in [0.3, 0.4) is 0 Å². The molecule has 0 fully saturated rings. The average Bonchev–Trinajstić information content (AvgIpc) is 2.20. The van der Waals surface area contributed by atoms with Crippen LogP contribution in [0, 0.1) is 11.8 Å². The molecule has 14 heavy (non-hydrogen) atoms. The van der Waals surface area contributed by atoms with Crippen LogP contribution in [0.15, 0.2) is 29.4 Å². The summed E-state index contributed by atoms with van der Waals surface area (Å²) in [6.45, 7) is 0.399. The van der Waals surface area contributed by atoms with Crippen LogP contribution in [-0.2, 0) is 0 Å². The van der Waals surface area contributed by atoms with Gasteiger partial charge >= 0.3 is 0 Å². The predicted octanol–water partition coefficient (Wildman–Crippen LogP) is 2.32. The molecule has 0 aliphatic rings. The first-order chi connectivity index (χ1) is 6.84. The lowest BCUT2D eigenvalue weighted by atomic mass is 10.2. The van der Waals surface area contributed by atoms with Crippen molar-refractivity contribution in [1.29, 1.82) is 0 Å². The van der Waals surface area contributed by atoms with Crippen LogP contribution in [0.4, 0.5) is 5.69 Å². The van der Waals surface area contributed by atoms with Gasteiger partial charge in [0.25, 0.3) is 0 Å². The van der Waals surface area contributed by atoms with Gasteiger partial charge < -0.3 is 5.73 Å². The molecule has 70 valence electrons. The first-order valence-electron chi connectivity index (χ1n) is 4.19. The number of hydrogen-bond acceptors (Lipinski definition) is 2. The van der Waals surface area contributed by atoms with Crippen molar-refractivity contribution in [3.8, 4) is 11.8 Å². The van der Waals surface area contributed by atoms with Gasteiger partial charge in [-0.05, 0) is 17.7 Å². The minimum absolute atomic E-state index is 0.399. The molecule has 1 aromatic carbocycles. The first kappa shape index (κ1) is 9.97. The van der Waals surface area contributed by atoms with E-state index in [9.17, 15) is 0 Å². The lowest BCUT2D eigenvalue weighted by Gasteiger charge is -1.94. The number of para-hydroxylation sites is 1. The SMILES string of the molecule is [N-]=[N+]=NCCC#Cc1ccccc1N. The highest BCUT2D eigenvalue weighted by molar-refractivity contribution is 5.55. The van der Waals surface area contributed by atoms with E-state index in [1.54, 1.807) is 6.07 Å². The van der Waals surface area contributed by atoms with Gasteiger partial charge in [-0.25, -0.2) is 0 Å². The van der Waals surface area contributed by atoms with Crippen LogP contribution >= 0.6 is 0 Å². The molecule has 4 nitrogen and oxygen atoms in total. The second-order valence-corrected chi connectivity index (χ2v) is 2.59. The molecule has 0 aliphatic carbocycles. The summed E-state index contributed by atoms with van der Waals surface area (Å²) in [7, 11) is 0. The molecule has 0 saturated heterocycles. The molecule has 0 bridgehead atoms. The maximum absolute atomic E-state index is 8.02. The van der Waals surface area contributed by atoms with Crippen LogP contribution < -0.4 is 5.73 Å². The topological polar surface area (TPSA) is 74.8 Å². The zero-order chi connectivity index (χ0) is 10.2. The summed E-state index contributed by atoms with van der Waals surface area (Å²) in [5, 5.41) is 3.37. The molecule has 0 spiro atoms. The van der Waals surface area contributed by atoms with E-state index in [-0.39, 0.29) is 0 Å². The van der Waals surface area contributed by atoms with E-state index < -0.39 is 0 Å². The maximum Gasteiger partial charge on any atom is 0.0474 e. The number of nitrogens with two attached hydrogens (primary N) is 1. The third-order valence-corrected chi connectivity index (χ3v) is 1.58. The minimum atomic E-state index is 0.399. The van der Waals surface area contributed by atoms with Crippen LogP contribution in [0.5, 0.6) is 0 Å². The molecule has 0 saturated carbocycles. The Balaban J connectivity index is 2.59. The number of rotatable bonds is 2. The highest BCUT2D eigenvalue weighted by Crippen LogP contribution is 2.07. The molecule has 0 aliphatic heterocycles. The highest BCUT2D eigenvalue weighted by Gasteiger charge is 1.90. The molecule has 0 unspecified atom stereocenters. The maximum atomic E-state index is 8.02. The van der Waals surface area contributed by atoms with E-state index in [0.717, 1.165) is 5.56 Å². The van der Waals surface area contributed by atoms with Crippen molar-refractivity contribution in [3.05, 3.63) is 40.3 Å². The van der Waals surface area contributed by atoms with E-state index in [1.165, 1.54) is 0 Å². The number of hydrogen-bond donors (Lipinski definition) is 1. The third-order valence-electron chi connectivity index (χ3n) is 1.58. The van der Waals surface area contributed by atoms with Crippen molar-refractivity contribution >= 4 is 5.69 Å². The number of nitrogens with zero attached hydrogens (tertiary/aromatic N) is 3. The van der Waals surface area contributed by atoms with Gasteiger partial charge in [-0.15, -0.1) is 0 Å². The molecule has 0 aromatic heterocycles. The van der Waals surface area contributed by atoms with Crippen molar-refractivity contribution < 1.29 is 0 Å². The molecular formula is C10H10N4. The summed E-state index contributed by atoms with van der Waals surface area (Å²) in [6, 6.07) is 7.40. The van der Waals surface area contributed by atoms with Gasteiger partial charge in [0.2, 0.25) is 0 Å². The molecular weight excluding hydrogens is 176 g/mol. The highest BCUT2D eigenvalue weighted by atomic mass is 15.1. The van der Waals surface area contributed by atoms with Crippen molar-refractivity contribution in [3.63, 3.8) is 0 Å². The second kappa shape index (κ2) is 5.52. The molecule has 0 heterocycles. The van der Waals surface area contributed by atoms with Crippen LogP contribution in [-0.4, -0.2) is 6.54 Å². The van der Waals surface area contributed by atoms with Gasteiger partial charge in [-0.3, -0.25) is 0 Å². The Bertz CT molecular complexity index is 408. The largest absolute Gasteiger partial charge is 0.398 e. The Morgan fingerprint density at radius 3 is 2.93 bits per heavy atom. The monoisotopic (exact) mass is 186 g/mol. The summed E-state index contributed by atoms with van der Waals surface area (Å²) in [5.41, 5.74) is 15.2. The van der Waals surface area contributed by atoms with E-state index in [2.05, 4.69) is 21.9 Å². The van der Waals surface area contributed by atoms with Gasteiger partial charge in [-0.2, -0.15) is 0 Å². The summed E-state index contributed by atoms with van der Waals surface area (Å²) in [5.74, 6) is 5.80. The fraction of sp³-hybridized carbons (Fsp3) is 0.200. The number of azide groups is 1. The minimum Gasteiger partial charge on any atom is -0.398 e. The van der Waals surface area contributed by atoms with E-state index in [1.807, 2.05) is 18.2 Å². The van der Waals surface area contributed by atoms with Crippen LogP contribution in [0.25, 0.3) is 10.4 Å². The van der Waals surface area contributed by atoms with Gasteiger partial charge in [-0.1, -0.05) is 29.1 Å². The van der Waals surface area contributed by atoms with Crippen molar-refractivity contribution in [2.75, 3.05) is 12.3 Å². The van der Waals surface area contributed by atoms with Crippen molar-refractivity contribution in [1.82, 2.24) is 0 Å². The molecule has 0 radical (unpaired) electrons. The molecule has 0 amide bonds. The van der Waals surface area contributed by atoms with Gasteiger partial charge in [0.15, 0.2) is 0 Å². The Hall–Kier alpha value is -2.11. The Morgan fingerprint density at radius 1 is 1.43 bits per heavy atom. The third kappa shape index (κ3) is 3.10. The number of nitrogen functional groups attached to an aromatic ring is 1. The Morgan fingerprint density at radius 2 is 2.21 bits per heavy atom. The van der Waals surface area contributed by atoms with Gasteiger partial charge in [0.1, 0.15) is 0 Å². The normalized spacial score (nSPS) is 8.29. The molecule has 4 heteroatoms. The summed E-state index contributed by atoms with van der Waals surface area (Å²) < 4.78 is 0. The predicted molar refractivity (Wildman–Crippen MR) is 56.4 cm³/mol. The van der Waals surface area contributed by atoms with E-state index in [0.29, 0.717) is 18.7 Å². The lowest BCUT2D eigenvalue weighted by molar-refractivity contribution is 1.01. The van der Waals surface area contributed by atoms with Gasteiger partial charge in [0.05, 0.1) is 0 Å². The zero-order valence-corrected chi connectivity index (χ0v) is 7.64. The Kier molecular flexibility index (Phi) is 3.93. The Labute approximate surface area is 82.4 Å². The summed E-state index contributed by atoms with van der Waals surface area (Å²) >= 11 is 0. The fourth-order valence-electron chi connectivity index (χ4n) is 0.919. The summed E-state index contributed by atoms with van der Waals surface area (Å²) in [6.07, 6.45) is 0.554. The van der Waals surface area contributed by atoms with E-state index >= 15 is 0 Å². The second-order valence-electron chi connectivity index (χ2n) is 2.59. The van der Waals surface area contributed by atoms with Gasteiger partial charge in [0, 0.05) is 29.1 Å². The zero-order valence-electron chi connectivity index (χ0n) is 7.64. The lowest BCUT2D eigenvalue weighted by Crippen LogP contribution is -1.88. The molecule has 0 atom stereocenters. The fourth-order valence-corrected chi connectivity index (χ4v) is 0.919. The quantitative estimate of drug-likeness (QED) is 0.189. The van der Waals surface area contributed by atoms with Crippen LogP contribution in [0.2, 0.25) is 0 Å². The van der Waals surface area contributed by atoms with Crippen LogP contribution in [0.1, 0.15) is 12.0 Å². The standard InChI is InChI=1S/C10H10N4/c11-10-7-2-1-5-9(10)6-3-4-8-13-14-12/h1-2,5,7H,4,8,11H2. The van der Waals surface area contributed by atoms with E-state index in [4.69, 9.17) is 11.3 Å².